The first-order chi connectivity index (χ1) is 17.0. The first-order valence-electron chi connectivity index (χ1n) is 11.2. The highest BCUT2D eigenvalue weighted by Crippen LogP contribution is 2.28. The molecule has 0 radical (unpaired) electrons. The second kappa shape index (κ2) is 11.7. The first-order valence-corrected chi connectivity index (χ1v) is 11.9. The number of ether oxygens (including phenoxy) is 2. The lowest BCUT2D eigenvalue weighted by Gasteiger charge is -2.12. The Bertz CT molecular complexity index is 1350. The van der Waals surface area contributed by atoms with Crippen LogP contribution in [0.1, 0.15) is 23.6 Å². The van der Waals surface area contributed by atoms with Crippen LogP contribution >= 0.6 is 23.2 Å². The maximum absolute atomic E-state index is 12.4. The van der Waals surface area contributed by atoms with Gasteiger partial charge in [0.25, 0.3) is 0 Å². The summed E-state index contributed by atoms with van der Waals surface area (Å²) in [5, 5.41) is 7.18. The number of amides is 1. The molecule has 5 nitrogen and oxygen atoms in total. The molecule has 0 aliphatic rings. The maximum atomic E-state index is 12.4. The van der Waals surface area contributed by atoms with E-state index in [9.17, 15) is 4.79 Å². The Kier molecular flexibility index (Phi) is 8.24. The number of nitrogens with one attached hydrogen (secondary N) is 1. The molecule has 4 aromatic rings. The van der Waals surface area contributed by atoms with Crippen LogP contribution in [0.2, 0.25) is 10.0 Å². The zero-order valence-electron chi connectivity index (χ0n) is 19.1. The molecule has 7 heteroatoms. The van der Waals surface area contributed by atoms with E-state index in [2.05, 4.69) is 10.5 Å². The number of halogens is 2. The van der Waals surface area contributed by atoms with Gasteiger partial charge in [0.15, 0.2) is 0 Å². The normalized spacial score (nSPS) is 11.1. The summed E-state index contributed by atoms with van der Waals surface area (Å²) < 4.78 is 11.5. The average molecular weight is 507 g/mol. The lowest BCUT2D eigenvalue weighted by atomic mass is 10.0. The minimum atomic E-state index is -0.219. The van der Waals surface area contributed by atoms with Gasteiger partial charge in [-0.05, 0) is 59.2 Å². The minimum absolute atomic E-state index is 0.208. The monoisotopic (exact) mass is 506 g/mol. The molecule has 0 aliphatic carbocycles. The van der Waals surface area contributed by atoms with Gasteiger partial charge in [-0.2, -0.15) is 5.10 Å². The molecular formula is C28H24Cl2N2O3. The third-order valence-corrected chi connectivity index (χ3v) is 6.03. The lowest BCUT2D eigenvalue weighted by molar-refractivity contribution is -0.120. The predicted octanol–water partition coefficient (Wildman–Crippen LogP) is 6.82. The van der Waals surface area contributed by atoms with E-state index in [-0.39, 0.29) is 12.3 Å². The van der Waals surface area contributed by atoms with Crippen molar-refractivity contribution < 1.29 is 14.3 Å². The topological polar surface area (TPSA) is 59.9 Å². The fraction of sp³-hybridized carbons (Fsp3) is 0.143. The third kappa shape index (κ3) is 6.53. The maximum Gasteiger partial charge on any atom is 0.244 e. The number of nitrogens with zero attached hydrogens (tertiary/aromatic N) is 1. The van der Waals surface area contributed by atoms with Crippen molar-refractivity contribution in [3.63, 3.8) is 0 Å². The van der Waals surface area contributed by atoms with Crippen molar-refractivity contribution >= 4 is 46.1 Å². The summed E-state index contributed by atoms with van der Waals surface area (Å²) in [5.74, 6) is 1.20. The molecular weight excluding hydrogens is 483 g/mol. The van der Waals surface area contributed by atoms with Crippen LogP contribution in [0.5, 0.6) is 11.5 Å². The van der Waals surface area contributed by atoms with Gasteiger partial charge in [-0.25, -0.2) is 5.43 Å². The molecule has 0 aliphatic heterocycles. The van der Waals surface area contributed by atoms with Crippen LogP contribution in [-0.4, -0.2) is 18.7 Å². The van der Waals surface area contributed by atoms with E-state index in [1.165, 1.54) is 0 Å². The van der Waals surface area contributed by atoms with Crippen molar-refractivity contribution in [3.05, 3.63) is 106 Å². The number of rotatable bonds is 9. The van der Waals surface area contributed by atoms with Crippen molar-refractivity contribution in [2.45, 2.75) is 20.0 Å². The van der Waals surface area contributed by atoms with Crippen LogP contribution in [0.25, 0.3) is 10.8 Å². The SMILES string of the molecule is CCOc1ccc(CC(=O)N/N=C\c2c(OCc3ccc(Cl)c(Cl)c3)ccc3ccccc23)cc1. The zero-order chi connectivity index (χ0) is 24.6. The Morgan fingerprint density at radius 1 is 0.914 bits per heavy atom. The van der Waals surface area contributed by atoms with Gasteiger partial charge < -0.3 is 9.47 Å². The molecule has 0 fully saturated rings. The van der Waals surface area contributed by atoms with Crippen LogP contribution in [-0.2, 0) is 17.8 Å². The Morgan fingerprint density at radius 3 is 2.46 bits per heavy atom. The highest BCUT2D eigenvalue weighted by molar-refractivity contribution is 6.42. The fourth-order valence-corrected chi connectivity index (χ4v) is 3.91. The number of carbonyl (C=O) groups excluding carboxylic acids is 1. The van der Waals surface area contributed by atoms with E-state index in [4.69, 9.17) is 32.7 Å². The van der Waals surface area contributed by atoms with Crippen molar-refractivity contribution in [2.24, 2.45) is 5.10 Å². The summed E-state index contributed by atoms with van der Waals surface area (Å²) in [7, 11) is 0. The second-order valence-electron chi connectivity index (χ2n) is 7.78. The number of benzene rings is 4. The summed E-state index contributed by atoms with van der Waals surface area (Å²) >= 11 is 12.1. The molecule has 4 aromatic carbocycles. The molecule has 0 heterocycles. The van der Waals surface area contributed by atoms with Crippen LogP contribution in [0.15, 0.2) is 84.0 Å². The number of carbonyl (C=O) groups is 1. The Morgan fingerprint density at radius 2 is 1.69 bits per heavy atom. The van der Waals surface area contributed by atoms with Gasteiger partial charge in [-0.3, -0.25) is 4.79 Å². The average Bonchev–Trinajstić information content (AvgIpc) is 2.86. The van der Waals surface area contributed by atoms with Crippen molar-refractivity contribution in [2.75, 3.05) is 6.61 Å². The van der Waals surface area contributed by atoms with Crippen molar-refractivity contribution in [3.8, 4) is 11.5 Å². The standard InChI is InChI=1S/C28H24Cl2N2O3/c1-2-34-22-11-7-19(8-12-22)16-28(33)32-31-17-24-23-6-4-3-5-21(23)10-14-27(24)35-18-20-9-13-25(29)26(30)15-20/h3-15,17H,2,16,18H2,1H3,(H,32,33)/b31-17-. The number of hydrazone groups is 1. The van der Waals surface area contributed by atoms with Gasteiger partial charge in [0, 0.05) is 5.56 Å². The van der Waals surface area contributed by atoms with E-state index in [1.54, 1.807) is 18.3 Å². The van der Waals surface area contributed by atoms with Crippen LogP contribution in [0.4, 0.5) is 0 Å². The summed E-state index contributed by atoms with van der Waals surface area (Å²) in [5.41, 5.74) is 5.14. The molecule has 0 saturated heterocycles. The number of hydrogen-bond acceptors (Lipinski definition) is 4. The van der Waals surface area contributed by atoms with E-state index in [1.807, 2.05) is 73.7 Å². The smallest absolute Gasteiger partial charge is 0.244 e. The Hall–Kier alpha value is -3.54. The summed E-state index contributed by atoms with van der Waals surface area (Å²) in [6.07, 6.45) is 1.82. The molecule has 0 bridgehead atoms. The molecule has 0 atom stereocenters. The quantitative estimate of drug-likeness (QED) is 0.200. The molecule has 4 rings (SSSR count). The minimum Gasteiger partial charge on any atom is -0.494 e. The second-order valence-corrected chi connectivity index (χ2v) is 8.60. The van der Waals surface area contributed by atoms with Gasteiger partial charge in [-0.1, -0.05) is 71.7 Å². The first kappa shape index (κ1) is 24.6. The number of fused-ring (bicyclic) bond motifs is 1. The summed E-state index contributed by atoms with van der Waals surface area (Å²) in [4.78, 5) is 12.4. The molecule has 35 heavy (non-hydrogen) atoms. The van der Waals surface area contributed by atoms with E-state index in [0.29, 0.717) is 29.0 Å². The van der Waals surface area contributed by atoms with Crippen molar-refractivity contribution in [1.29, 1.82) is 0 Å². The van der Waals surface area contributed by atoms with Gasteiger partial charge >= 0.3 is 0 Å². The van der Waals surface area contributed by atoms with Crippen LogP contribution in [0.3, 0.4) is 0 Å². The van der Waals surface area contributed by atoms with E-state index >= 15 is 0 Å². The highest BCUT2D eigenvalue weighted by Gasteiger charge is 2.09. The van der Waals surface area contributed by atoms with E-state index in [0.717, 1.165) is 33.2 Å². The third-order valence-electron chi connectivity index (χ3n) is 5.29. The predicted molar refractivity (Wildman–Crippen MR) is 142 cm³/mol. The molecule has 0 saturated carbocycles. The van der Waals surface area contributed by atoms with Gasteiger partial charge in [0.1, 0.15) is 18.1 Å². The van der Waals surface area contributed by atoms with E-state index < -0.39 is 0 Å². The fourth-order valence-electron chi connectivity index (χ4n) is 3.59. The molecule has 1 amide bonds. The van der Waals surface area contributed by atoms with Gasteiger partial charge in [0.05, 0.1) is 29.3 Å². The zero-order valence-corrected chi connectivity index (χ0v) is 20.6. The largest absolute Gasteiger partial charge is 0.494 e. The number of hydrogen-bond donors (Lipinski definition) is 1. The summed E-state index contributed by atoms with van der Waals surface area (Å²) in [6, 6.07) is 24.6. The molecule has 0 unspecified atom stereocenters. The Labute approximate surface area is 214 Å². The highest BCUT2D eigenvalue weighted by atomic mass is 35.5. The van der Waals surface area contributed by atoms with Crippen LogP contribution < -0.4 is 14.9 Å². The molecule has 1 N–H and O–H groups in total. The van der Waals surface area contributed by atoms with Gasteiger partial charge in [-0.15, -0.1) is 0 Å². The summed E-state index contributed by atoms with van der Waals surface area (Å²) in [6.45, 7) is 2.83. The molecule has 178 valence electrons. The van der Waals surface area contributed by atoms with Crippen molar-refractivity contribution in [1.82, 2.24) is 5.43 Å². The molecule has 0 spiro atoms. The van der Waals surface area contributed by atoms with Gasteiger partial charge in [0.2, 0.25) is 5.91 Å². The Balaban J connectivity index is 1.48. The molecule has 0 aromatic heterocycles. The lowest BCUT2D eigenvalue weighted by Crippen LogP contribution is -2.19. The van der Waals surface area contributed by atoms with Crippen LogP contribution in [0, 0.1) is 0 Å².